The first-order valence-electron chi connectivity index (χ1n) is 5.50. The molecule has 0 atom stereocenters. The largest absolute Gasteiger partial charge is 0.472 e. The van der Waals surface area contributed by atoms with Crippen LogP contribution in [0.1, 0.15) is 34.8 Å². The number of rotatable bonds is 3. The van der Waals surface area contributed by atoms with E-state index in [-0.39, 0.29) is 5.97 Å². The number of esters is 1. The molecule has 0 aliphatic heterocycles. The van der Waals surface area contributed by atoms with Crippen molar-refractivity contribution in [3.63, 3.8) is 0 Å². The number of aromatic amines is 1. The van der Waals surface area contributed by atoms with Crippen LogP contribution in [0.4, 0.5) is 0 Å². The summed E-state index contributed by atoms with van der Waals surface area (Å²) >= 11 is 0. The van der Waals surface area contributed by atoms with E-state index in [2.05, 4.69) is 10.2 Å². The van der Waals surface area contributed by atoms with Gasteiger partial charge in [0.1, 0.15) is 11.3 Å². The summed E-state index contributed by atoms with van der Waals surface area (Å²) in [5.74, 6) is 0.0640. The minimum atomic E-state index is -0.350. The van der Waals surface area contributed by atoms with Crippen LogP contribution in [-0.2, 0) is 4.74 Å². The van der Waals surface area contributed by atoms with Gasteiger partial charge in [-0.25, -0.2) is 4.79 Å². The standard InChI is InChI=1S/C12H12N2O3/c1-16-12(15)9-10(7-2-3-7)13-14-11(9)8-4-5-17-6-8/h4-7H,2-3H2,1H3,(H,13,14). The van der Waals surface area contributed by atoms with Gasteiger partial charge in [-0.1, -0.05) is 0 Å². The maximum atomic E-state index is 11.8. The van der Waals surface area contributed by atoms with Crippen LogP contribution < -0.4 is 0 Å². The molecule has 0 saturated heterocycles. The van der Waals surface area contributed by atoms with Crippen LogP contribution in [-0.4, -0.2) is 23.3 Å². The van der Waals surface area contributed by atoms with Gasteiger partial charge in [0, 0.05) is 11.5 Å². The van der Waals surface area contributed by atoms with Crippen molar-refractivity contribution in [3.8, 4) is 11.3 Å². The van der Waals surface area contributed by atoms with E-state index >= 15 is 0 Å². The Labute approximate surface area is 97.8 Å². The highest BCUT2D eigenvalue weighted by Crippen LogP contribution is 2.42. The van der Waals surface area contributed by atoms with E-state index in [4.69, 9.17) is 9.15 Å². The minimum Gasteiger partial charge on any atom is -0.472 e. The maximum Gasteiger partial charge on any atom is 0.342 e. The molecule has 2 heterocycles. The van der Waals surface area contributed by atoms with Crippen molar-refractivity contribution in [1.82, 2.24) is 10.2 Å². The fourth-order valence-corrected chi connectivity index (χ4v) is 1.94. The first-order chi connectivity index (χ1) is 8.31. The molecule has 0 bridgehead atoms. The van der Waals surface area contributed by atoms with Crippen LogP contribution in [0.15, 0.2) is 23.0 Å². The molecular weight excluding hydrogens is 220 g/mol. The number of furan rings is 1. The predicted octanol–water partition coefficient (Wildman–Crippen LogP) is 2.33. The molecule has 3 rings (SSSR count). The van der Waals surface area contributed by atoms with Crippen LogP contribution in [0.25, 0.3) is 11.3 Å². The third-order valence-corrected chi connectivity index (χ3v) is 2.96. The Hall–Kier alpha value is -2.04. The number of nitrogens with zero attached hydrogens (tertiary/aromatic N) is 1. The van der Waals surface area contributed by atoms with E-state index in [1.165, 1.54) is 7.11 Å². The van der Waals surface area contributed by atoms with E-state index in [9.17, 15) is 4.79 Å². The molecule has 0 unspecified atom stereocenters. The van der Waals surface area contributed by atoms with Gasteiger partial charge >= 0.3 is 5.97 Å². The normalized spacial score (nSPS) is 14.9. The van der Waals surface area contributed by atoms with E-state index in [0.29, 0.717) is 17.2 Å². The molecule has 5 nitrogen and oxygen atoms in total. The number of nitrogens with one attached hydrogen (secondary N) is 1. The van der Waals surface area contributed by atoms with Crippen molar-refractivity contribution < 1.29 is 13.9 Å². The van der Waals surface area contributed by atoms with Crippen LogP contribution in [0.2, 0.25) is 0 Å². The van der Waals surface area contributed by atoms with Crippen LogP contribution in [0.3, 0.4) is 0 Å². The number of ether oxygens (including phenoxy) is 1. The van der Waals surface area contributed by atoms with Crippen molar-refractivity contribution in [1.29, 1.82) is 0 Å². The third-order valence-electron chi connectivity index (χ3n) is 2.96. The highest BCUT2D eigenvalue weighted by atomic mass is 16.5. The number of methoxy groups -OCH3 is 1. The summed E-state index contributed by atoms with van der Waals surface area (Å²) in [4.78, 5) is 11.8. The van der Waals surface area contributed by atoms with E-state index < -0.39 is 0 Å². The first kappa shape index (κ1) is 10.1. The zero-order chi connectivity index (χ0) is 11.8. The fraction of sp³-hybridized carbons (Fsp3) is 0.333. The molecule has 88 valence electrons. The molecule has 1 aliphatic rings. The average molecular weight is 232 g/mol. The molecule has 17 heavy (non-hydrogen) atoms. The Balaban J connectivity index is 2.12. The molecule has 1 aliphatic carbocycles. The summed E-state index contributed by atoms with van der Waals surface area (Å²) in [6.45, 7) is 0. The summed E-state index contributed by atoms with van der Waals surface area (Å²) in [5.41, 5.74) is 2.81. The number of H-pyrrole nitrogens is 1. The smallest absolute Gasteiger partial charge is 0.342 e. The number of hydrogen-bond donors (Lipinski definition) is 1. The monoisotopic (exact) mass is 232 g/mol. The number of hydrogen-bond acceptors (Lipinski definition) is 4. The summed E-state index contributed by atoms with van der Waals surface area (Å²) in [6.07, 6.45) is 5.31. The van der Waals surface area contributed by atoms with Crippen molar-refractivity contribution >= 4 is 5.97 Å². The number of carbonyl (C=O) groups excluding carboxylic acids is 1. The summed E-state index contributed by atoms with van der Waals surface area (Å²) in [5, 5.41) is 7.15. The van der Waals surface area contributed by atoms with Crippen molar-refractivity contribution in [3.05, 3.63) is 29.9 Å². The molecule has 2 aromatic heterocycles. The SMILES string of the molecule is COC(=O)c1c(-c2ccoc2)n[nH]c1C1CC1. The molecule has 2 aromatic rings. The van der Waals surface area contributed by atoms with Crippen molar-refractivity contribution in [2.75, 3.05) is 7.11 Å². The zero-order valence-electron chi connectivity index (χ0n) is 9.40. The molecule has 1 N–H and O–H groups in total. The topological polar surface area (TPSA) is 68.1 Å². The lowest BCUT2D eigenvalue weighted by molar-refractivity contribution is 0.0600. The molecular formula is C12H12N2O3. The van der Waals surface area contributed by atoms with Gasteiger partial charge < -0.3 is 9.15 Å². The number of carbonyl (C=O) groups is 1. The van der Waals surface area contributed by atoms with Gasteiger partial charge in [-0.15, -0.1) is 0 Å². The molecule has 5 heteroatoms. The Morgan fingerprint density at radius 3 is 3.00 bits per heavy atom. The minimum absolute atomic E-state index is 0.350. The van der Waals surface area contributed by atoms with Crippen molar-refractivity contribution in [2.24, 2.45) is 0 Å². The highest BCUT2D eigenvalue weighted by Gasteiger charge is 2.33. The Kier molecular flexibility index (Phi) is 2.24. The Morgan fingerprint density at radius 1 is 1.59 bits per heavy atom. The second kappa shape index (κ2) is 3.76. The Bertz CT molecular complexity index is 538. The first-order valence-corrected chi connectivity index (χ1v) is 5.50. The summed E-state index contributed by atoms with van der Waals surface area (Å²) in [6, 6.07) is 1.78. The maximum absolute atomic E-state index is 11.8. The van der Waals surface area contributed by atoms with Gasteiger partial charge in [-0.2, -0.15) is 5.10 Å². The van der Waals surface area contributed by atoms with Gasteiger partial charge in [0.15, 0.2) is 0 Å². The number of aromatic nitrogens is 2. The second-order valence-corrected chi connectivity index (χ2v) is 4.14. The highest BCUT2D eigenvalue weighted by molar-refractivity contribution is 5.97. The lowest BCUT2D eigenvalue weighted by Gasteiger charge is -2.01. The quantitative estimate of drug-likeness (QED) is 0.824. The molecule has 0 aromatic carbocycles. The van der Waals surface area contributed by atoms with Crippen LogP contribution in [0.5, 0.6) is 0 Å². The summed E-state index contributed by atoms with van der Waals surface area (Å²) in [7, 11) is 1.38. The summed E-state index contributed by atoms with van der Waals surface area (Å²) < 4.78 is 9.84. The van der Waals surface area contributed by atoms with E-state index in [1.54, 1.807) is 18.6 Å². The lowest BCUT2D eigenvalue weighted by atomic mass is 10.1. The molecule has 0 amide bonds. The third kappa shape index (κ3) is 1.63. The van der Waals surface area contributed by atoms with Gasteiger partial charge in [-0.05, 0) is 18.9 Å². The van der Waals surface area contributed by atoms with Crippen LogP contribution >= 0.6 is 0 Å². The van der Waals surface area contributed by atoms with Crippen LogP contribution in [0, 0.1) is 0 Å². The fourth-order valence-electron chi connectivity index (χ4n) is 1.94. The van der Waals surface area contributed by atoms with E-state index in [1.807, 2.05) is 0 Å². The van der Waals surface area contributed by atoms with Gasteiger partial charge in [0.25, 0.3) is 0 Å². The van der Waals surface area contributed by atoms with E-state index in [0.717, 1.165) is 24.1 Å². The van der Waals surface area contributed by atoms with Gasteiger partial charge in [-0.3, -0.25) is 5.10 Å². The molecule has 0 spiro atoms. The Morgan fingerprint density at radius 2 is 2.41 bits per heavy atom. The lowest BCUT2D eigenvalue weighted by Crippen LogP contribution is -2.04. The predicted molar refractivity (Wildman–Crippen MR) is 59.6 cm³/mol. The van der Waals surface area contributed by atoms with Gasteiger partial charge in [0.05, 0.1) is 25.3 Å². The molecule has 0 radical (unpaired) electrons. The molecule has 1 saturated carbocycles. The van der Waals surface area contributed by atoms with Gasteiger partial charge in [0.2, 0.25) is 0 Å². The van der Waals surface area contributed by atoms with Crippen molar-refractivity contribution in [2.45, 2.75) is 18.8 Å². The second-order valence-electron chi connectivity index (χ2n) is 4.14. The molecule has 1 fully saturated rings. The average Bonchev–Trinajstić information content (AvgIpc) is 2.90. The zero-order valence-corrected chi connectivity index (χ0v) is 9.40.